The van der Waals surface area contributed by atoms with Gasteiger partial charge >= 0.3 is 0 Å². The molecule has 0 bridgehead atoms. The molecular formula is C12H17ClF2N6O. The molecule has 0 radical (unpaired) electrons. The second kappa shape index (κ2) is 7.21. The van der Waals surface area contributed by atoms with Gasteiger partial charge in [0.2, 0.25) is 0 Å². The van der Waals surface area contributed by atoms with E-state index in [9.17, 15) is 13.6 Å². The molecule has 0 aliphatic rings. The predicted octanol–water partition coefficient (Wildman–Crippen LogP) is 1.32. The van der Waals surface area contributed by atoms with Gasteiger partial charge < -0.3 is 11.1 Å². The quantitative estimate of drug-likeness (QED) is 0.833. The number of amides is 1. The van der Waals surface area contributed by atoms with Crippen LogP contribution in [0.1, 0.15) is 21.7 Å². The number of nitrogens with zero attached hydrogens (tertiary/aromatic N) is 4. The summed E-state index contributed by atoms with van der Waals surface area (Å²) in [6.07, 6.45) is -0.916. The van der Waals surface area contributed by atoms with Gasteiger partial charge in [0.05, 0.1) is 6.20 Å². The maximum atomic E-state index is 12.4. The van der Waals surface area contributed by atoms with Gasteiger partial charge in [0, 0.05) is 30.9 Å². The third kappa shape index (κ3) is 3.94. The van der Waals surface area contributed by atoms with E-state index >= 15 is 0 Å². The average Bonchev–Trinajstić information content (AvgIpc) is 2.92. The number of carbonyl (C=O) groups excluding carboxylic acids is 1. The van der Waals surface area contributed by atoms with Crippen molar-refractivity contribution in [1.82, 2.24) is 19.6 Å². The zero-order chi connectivity index (χ0) is 15.6. The van der Waals surface area contributed by atoms with E-state index in [-0.39, 0.29) is 18.1 Å². The fourth-order valence-corrected chi connectivity index (χ4v) is 1.94. The van der Waals surface area contributed by atoms with Crippen molar-refractivity contribution in [3.63, 3.8) is 0 Å². The molecule has 0 fully saturated rings. The van der Waals surface area contributed by atoms with Crippen LogP contribution in [0.5, 0.6) is 0 Å². The van der Waals surface area contributed by atoms with E-state index in [4.69, 9.17) is 5.73 Å². The SMILES string of the molecule is Cc1c(CNc2cc(C(N)=O)n(C)n2)cnn1CC(F)F.Cl. The van der Waals surface area contributed by atoms with Crippen LogP contribution in [0.4, 0.5) is 14.6 Å². The highest BCUT2D eigenvalue weighted by atomic mass is 35.5. The molecule has 0 unspecified atom stereocenters. The molecule has 2 aromatic heterocycles. The topological polar surface area (TPSA) is 90.8 Å². The molecule has 2 rings (SSSR count). The fraction of sp³-hybridized carbons (Fsp3) is 0.417. The maximum absolute atomic E-state index is 12.4. The molecule has 22 heavy (non-hydrogen) atoms. The van der Waals surface area contributed by atoms with E-state index < -0.39 is 18.9 Å². The van der Waals surface area contributed by atoms with Crippen LogP contribution in [0.3, 0.4) is 0 Å². The number of alkyl halides is 2. The van der Waals surface area contributed by atoms with Gasteiger partial charge in [-0.15, -0.1) is 12.4 Å². The molecular weight excluding hydrogens is 318 g/mol. The Morgan fingerprint density at radius 2 is 2.18 bits per heavy atom. The molecule has 0 aliphatic carbocycles. The summed E-state index contributed by atoms with van der Waals surface area (Å²) in [4.78, 5) is 11.1. The molecule has 2 aromatic rings. The Morgan fingerprint density at radius 3 is 2.73 bits per heavy atom. The molecule has 0 spiro atoms. The van der Waals surface area contributed by atoms with E-state index in [0.717, 1.165) is 5.56 Å². The third-order valence-electron chi connectivity index (χ3n) is 3.11. The summed E-state index contributed by atoms with van der Waals surface area (Å²) in [7, 11) is 1.61. The molecule has 122 valence electrons. The minimum absolute atomic E-state index is 0. The predicted molar refractivity (Wildman–Crippen MR) is 79.3 cm³/mol. The molecule has 1 amide bonds. The van der Waals surface area contributed by atoms with Crippen LogP contribution < -0.4 is 11.1 Å². The van der Waals surface area contributed by atoms with E-state index in [1.54, 1.807) is 14.0 Å². The van der Waals surface area contributed by atoms with Crippen LogP contribution in [-0.4, -0.2) is 31.9 Å². The summed E-state index contributed by atoms with van der Waals surface area (Å²) in [6.45, 7) is 1.66. The molecule has 3 N–H and O–H groups in total. The highest BCUT2D eigenvalue weighted by Gasteiger charge is 2.13. The van der Waals surface area contributed by atoms with Crippen molar-refractivity contribution >= 4 is 24.1 Å². The first-order valence-corrected chi connectivity index (χ1v) is 6.25. The average molecular weight is 335 g/mol. The molecule has 0 aliphatic heterocycles. The number of aromatic nitrogens is 4. The number of nitrogens with two attached hydrogens (primary N) is 1. The van der Waals surface area contributed by atoms with E-state index in [2.05, 4.69) is 15.5 Å². The van der Waals surface area contributed by atoms with Gasteiger partial charge in [-0.05, 0) is 6.92 Å². The van der Waals surface area contributed by atoms with E-state index in [1.807, 2.05) is 0 Å². The number of nitrogens with one attached hydrogen (secondary N) is 1. The lowest BCUT2D eigenvalue weighted by molar-refractivity contribution is 0.0991. The lowest BCUT2D eigenvalue weighted by Gasteiger charge is -2.05. The molecule has 7 nitrogen and oxygen atoms in total. The van der Waals surface area contributed by atoms with Crippen LogP contribution in [0.25, 0.3) is 0 Å². The van der Waals surface area contributed by atoms with E-state index in [0.29, 0.717) is 18.1 Å². The minimum atomic E-state index is -2.45. The second-order valence-electron chi connectivity index (χ2n) is 4.58. The van der Waals surface area contributed by atoms with Gasteiger partial charge in [-0.3, -0.25) is 14.2 Å². The summed E-state index contributed by atoms with van der Waals surface area (Å²) in [5.74, 6) is -0.0914. The molecule has 2 heterocycles. The molecule has 0 aromatic carbocycles. The van der Waals surface area contributed by atoms with Crippen molar-refractivity contribution in [3.05, 3.63) is 29.2 Å². The standard InChI is InChI=1S/C12H16F2N6O.ClH/c1-7-8(5-17-20(7)6-10(13)14)4-16-11-3-9(12(15)21)19(2)18-11;/h3,5,10H,4,6H2,1-2H3,(H2,15,21)(H,16,18);1H. The summed E-state index contributed by atoms with van der Waals surface area (Å²) in [5, 5.41) is 11.0. The third-order valence-corrected chi connectivity index (χ3v) is 3.11. The highest BCUT2D eigenvalue weighted by Crippen LogP contribution is 2.13. The van der Waals surface area contributed by atoms with Crippen molar-refractivity contribution in [2.24, 2.45) is 12.8 Å². The Hall–Kier alpha value is -2.16. The Morgan fingerprint density at radius 1 is 1.50 bits per heavy atom. The Bertz CT molecular complexity index is 654. The summed E-state index contributed by atoms with van der Waals surface area (Å²) in [5.41, 5.74) is 6.92. The first-order chi connectivity index (χ1) is 9.88. The van der Waals surface area contributed by atoms with Gasteiger partial charge in [0.15, 0.2) is 0 Å². The van der Waals surface area contributed by atoms with Crippen LogP contribution in [0.15, 0.2) is 12.3 Å². The minimum Gasteiger partial charge on any atom is -0.364 e. The monoisotopic (exact) mass is 334 g/mol. The zero-order valence-corrected chi connectivity index (χ0v) is 12.9. The van der Waals surface area contributed by atoms with Crippen LogP contribution in [-0.2, 0) is 20.1 Å². The summed E-state index contributed by atoms with van der Waals surface area (Å²) < 4.78 is 27.3. The largest absolute Gasteiger partial charge is 0.364 e. The molecule has 0 atom stereocenters. The van der Waals surface area contributed by atoms with Crippen LogP contribution >= 0.6 is 12.4 Å². The van der Waals surface area contributed by atoms with Crippen molar-refractivity contribution < 1.29 is 13.6 Å². The number of hydrogen-bond acceptors (Lipinski definition) is 4. The van der Waals surface area contributed by atoms with Crippen molar-refractivity contribution in [2.45, 2.75) is 26.4 Å². The number of halogens is 3. The number of anilines is 1. The number of rotatable bonds is 6. The lowest BCUT2D eigenvalue weighted by Crippen LogP contribution is -2.15. The van der Waals surface area contributed by atoms with E-state index in [1.165, 1.54) is 21.6 Å². The van der Waals surface area contributed by atoms with Gasteiger partial charge in [-0.25, -0.2) is 8.78 Å². The maximum Gasteiger partial charge on any atom is 0.267 e. The highest BCUT2D eigenvalue weighted by molar-refractivity contribution is 5.91. The molecule has 0 saturated carbocycles. The van der Waals surface area contributed by atoms with Gasteiger partial charge in [-0.2, -0.15) is 10.2 Å². The normalized spacial score (nSPS) is 10.6. The first kappa shape index (κ1) is 17.9. The number of carbonyl (C=O) groups is 1. The van der Waals surface area contributed by atoms with Crippen LogP contribution in [0, 0.1) is 6.92 Å². The summed E-state index contributed by atoms with van der Waals surface area (Å²) in [6, 6.07) is 1.53. The van der Waals surface area contributed by atoms with Crippen molar-refractivity contribution in [2.75, 3.05) is 5.32 Å². The number of primary amides is 1. The summed E-state index contributed by atoms with van der Waals surface area (Å²) >= 11 is 0. The Balaban J connectivity index is 0.00000242. The van der Waals surface area contributed by atoms with Gasteiger partial charge in [-0.1, -0.05) is 0 Å². The van der Waals surface area contributed by atoms with Crippen LogP contribution in [0.2, 0.25) is 0 Å². The van der Waals surface area contributed by atoms with Crippen molar-refractivity contribution in [3.8, 4) is 0 Å². The van der Waals surface area contributed by atoms with Gasteiger partial charge in [0.25, 0.3) is 12.3 Å². The number of aryl methyl sites for hydroxylation is 1. The lowest BCUT2D eigenvalue weighted by atomic mass is 10.2. The Labute approximate surface area is 131 Å². The second-order valence-corrected chi connectivity index (χ2v) is 4.58. The first-order valence-electron chi connectivity index (χ1n) is 6.25. The zero-order valence-electron chi connectivity index (χ0n) is 12.1. The molecule has 0 saturated heterocycles. The smallest absolute Gasteiger partial charge is 0.267 e. The molecule has 10 heteroatoms. The fourth-order valence-electron chi connectivity index (χ4n) is 1.94. The Kier molecular flexibility index (Phi) is 5.86. The number of hydrogen-bond donors (Lipinski definition) is 2. The van der Waals surface area contributed by atoms with Crippen molar-refractivity contribution in [1.29, 1.82) is 0 Å². The van der Waals surface area contributed by atoms with Gasteiger partial charge in [0.1, 0.15) is 18.1 Å².